The molecule has 1 fully saturated rings. The summed E-state index contributed by atoms with van der Waals surface area (Å²) < 4.78 is 5.56. The van der Waals surface area contributed by atoms with Crippen molar-refractivity contribution in [1.29, 1.82) is 0 Å². The lowest BCUT2D eigenvalue weighted by atomic mass is 9.81. The van der Waals surface area contributed by atoms with Crippen LogP contribution in [0.1, 0.15) is 30.4 Å². The van der Waals surface area contributed by atoms with Crippen molar-refractivity contribution in [2.75, 3.05) is 36.5 Å². The Hall–Kier alpha value is -0.540. The molecule has 0 bridgehead atoms. The Kier molecular flexibility index (Phi) is 4.37. The van der Waals surface area contributed by atoms with E-state index in [1.54, 1.807) is 0 Å². The van der Waals surface area contributed by atoms with E-state index in [9.17, 15) is 0 Å². The van der Waals surface area contributed by atoms with Gasteiger partial charge in [0.05, 0.1) is 0 Å². The molecule has 0 atom stereocenters. The summed E-state index contributed by atoms with van der Waals surface area (Å²) in [6.45, 7) is 6.39. The summed E-state index contributed by atoms with van der Waals surface area (Å²) in [6.07, 6.45) is 4.87. The third-order valence-corrected chi connectivity index (χ3v) is 6.00. The molecule has 1 aromatic carbocycles. The minimum atomic E-state index is 0.387. The van der Waals surface area contributed by atoms with Crippen molar-refractivity contribution in [3.63, 3.8) is 0 Å². The van der Waals surface area contributed by atoms with Gasteiger partial charge in [-0.2, -0.15) is 0 Å². The largest absolute Gasteiger partial charge is 0.381 e. The second kappa shape index (κ2) is 6.07. The van der Waals surface area contributed by atoms with E-state index in [0.717, 1.165) is 25.1 Å². The first-order valence-corrected chi connectivity index (χ1v) is 8.83. The van der Waals surface area contributed by atoms with Crippen molar-refractivity contribution >= 4 is 21.6 Å². The third-order valence-electron chi connectivity index (χ3n) is 4.81. The summed E-state index contributed by atoms with van der Waals surface area (Å²) in [5, 5.41) is 1.08. The standard InChI is InChI=1S/C17H24BrNO/c1-14-4-5-16-15(11-14)3-2-8-19(16)13-17(12-18)6-9-20-10-7-17/h4-5,11H,2-3,6-10,12-13H2,1H3. The second-order valence-electron chi connectivity index (χ2n) is 6.40. The van der Waals surface area contributed by atoms with Crippen LogP contribution in [0.5, 0.6) is 0 Å². The van der Waals surface area contributed by atoms with Crippen LogP contribution in [0, 0.1) is 12.3 Å². The quantitative estimate of drug-likeness (QED) is 0.774. The van der Waals surface area contributed by atoms with Crippen LogP contribution in [0.4, 0.5) is 5.69 Å². The summed E-state index contributed by atoms with van der Waals surface area (Å²) >= 11 is 3.76. The first-order valence-electron chi connectivity index (χ1n) is 7.71. The zero-order valence-electron chi connectivity index (χ0n) is 12.3. The predicted octanol–water partition coefficient (Wildman–Crippen LogP) is 3.94. The third kappa shape index (κ3) is 2.89. The summed E-state index contributed by atoms with van der Waals surface area (Å²) in [5.41, 5.74) is 4.77. The van der Waals surface area contributed by atoms with E-state index in [-0.39, 0.29) is 0 Å². The Bertz CT molecular complexity index is 468. The normalized spacial score (nSPS) is 21.6. The number of aryl methyl sites for hydroxylation is 2. The molecule has 20 heavy (non-hydrogen) atoms. The highest BCUT2D eigenvalue weighted by atomic mass is 79.9. The van der Waals surface area contributed by atoms with E-state index >= 15 is 0 Å². The lowest BCUT2D eigenvalue weighted by molar-refractivity contribution is 0.0299. The van der Waals surface area contributed by atoms with Gasteiger partial charge < -0.3 is 9.64 Å². The molecule has 0 saturated carbocycles. The lowest BCUT2D eigenvalue weighted by Gasteiger charge is -2.42. The van der Waals surface area contributed by atoms with Gasteiger partial charge in [-0.05, 0) is 44.2 Å². The van der Waals surface area contributed by atoms with Gasteiger partial charge in [-0.15, -0.1) is 0 Å². The number of rotatable bonds is 3. The van der Waals surface area contributed by atoms with Gasteiger partial charge in [0.1, 0.15) is 0 Å². The highest BCUT2D eigenvalue weighted by molar-refractivity contribution is 9.09. The van der Waals surface area contributed by atoms with Gasteiger partial charge in [0.25, 0.3) is 0 Å². The Morgan fingerprint density at radius 1 is 1.30 bits per heavy atom. The number of nitrogens with zero attached hydrogens (tertiary/aromatic N) is 1. The Balaban J connectivity index is 1.81. The highest BCUT2D eigenvalue weighted by Crippen LogP contribution is 2.37. The van der Waals surface area contributed by atoms with Crippen molar-refractivity contribution < 1.29 is 4.74 Å². The number of ether oxygens (including phenoxy) is 1. The van der Waals surface area contributed by atoms with Crippen molar-refractivity contribution in [2.24, 2.45) is 5.41 Å². The molecule has 110 valence electrons. The van der Waals surface area contributed by atoms with Gasteiger partial charge in [-0.1, -0.05) is 33.6 Å². The molecule has 2 aliphatic heterocycles. The Labute approximate surface area is 130 Å². The summed E-state index contributed by atoms with van der Waals surface area (Å²) in [7, 11) is 0. The van der Waals surface area contributed by atoms with Crippen molar-refractivity contribution in [3.8, 4) is 0 Å². The molecule has 3 rings (SSSR count). The molecule has 0 radical (unpaired) electrons. The van der Waals surface area contributed by atoms with Gasteiger partial charge in [-0.3, -0.25) is 0 Å². The van der Waals surface area contributed by atoms with Crippen molar-refractivity contribution in [2.45, 2.75) is 32.6 Å². The first kappa shape index (κ1) is 14.4. The van der Waals surface area contributed by atoms with E-state index < -0.39 is 0 Å². The van der Waals surface area contributed by atoms with Gasteiger partial charge in [0, 0.05) is 42.7 Å². The number of alkyl halides is 1. The fraction of sp³-hybridized carbons (Fsp3) is 0.647. The van der Waals surface area contributed by atoms with Crippen LogP contribution >= 0.6 is 15.9 Å². The van der Waals surface area contributed by atoms with Crippen LogP contribution in [0.3, 0.4) is 0 Å². The van der Waals surface area contributed by atoms with Crippen LogP contribution in [-0.2, 0) is 11.2 Å². The topological polar surface area (TPSA) is 12.5 Å². The molecule has 1 saturated heterocycles. The van der Waals surface area contributed by atoms with Crippen LogP contribution in [-0.4, -0.2) is 31.6 Å². The zero-order valence-corrected chi connectivity index (χ0v) is 13.9. The monoisotopic (exact) mass is 337 g/mol. The summed E-state index contributed by atoms with van der Waals surface area (Å²) in [6, 6.07) is 6.94. The van der Waals surface area contributed by atoms with Crippen LogP contribution in [0.25, 0.3) is 0 Å². The minimum absolute atomic E-state index is 0.387. The fourth-order valence-corrected chi connectivity index (χ4v) is 4.25. The van der Waals surface area contributed by atoms with E-state index in [0.29, 0.717) is 5.41 Å². The van der Waals surface area contributed by atoms with E-state index in [1.807, 2.05) is 0 Å². The van der Waals surface area contributed by atoms with E-state index in [1.165, 1.54) is 49.0 Å². The average molecular weight is 338 g/mol. The summed E-state index contributed by atoms with van der Waals surface area (Å²) in [4.78, 5) is 2.62. The van der Waals surface area contributed by atoms with E-state index in [4.69, 9.17) is 4.74 Å². The Morgan fingerprint density at radius 3 is 2.85 bits per heavy atom. The maximum absolute atomic E-state index is 5.56. The molecular formula is C17H24BrNO. The molecule has 0 spiro atoms. The van der Waals surface area contributed by atoms with Gasteiger partial charge >= 0.3 is 0 Å². The van der Waals surface area contributed by atoms with Gasteiger partial charge in [0.2, 0.25) is 0 Å². The molecule has 2 nitrogen and oxygen atoms in total. The van der Waals surface area contributed by atoms with Crippen LogP contribution in [0.15, 0.2) is 18.2 Å². The molecule has 0 unspecified atom stereocenters. The van der Waals surface area contributed by atoms with Crippen LogP contribution < -0.4 is 4.90 Å². The summed E-state index contributed by atoms with van der Waals surface area (Å²) in [5.74, 6) is 0. The number of halogens is 1. The Morgan fingerprint density at radius 2 is 2.10 bits per heavy atom. The fourth-order valence-electron chi connectivity index (χ4n) is 3.51. The number of anilines is 1. The molecular weight excluding hydrogens is 314 g/mol. The van der Waals surface area contributed by atoms with E-state index in [2.05, 4.69) is 46.0 Å². The number of benzene rings is 1. The molecule has 0 N–H and O–H groups in total. The number of hydrogen-bond acceptors (Lipinski definition) is 2. The minimum Gasteiger partial charge on any atom is -0.381 e. The maximum Gasteiger partial charge on any atom is 0.0472 e. The number of fused-ring (bicyclic) bond motifs is 1. The zero-order chi connectivity index (χ0) is 14.0. The second-order valence-corrected chi connectivity index (χ2v) is 6.96. The van der Waals surface area contributed by atoms with Crippen molar-refractivity contribution in [3.05, 3.63) is 29.3 Å². The molecule has 1 aromatic rings. The smallest absolute Gasteiger partial charge is 0.0472 e. The molecule has 3 heteroatoms. The molecule has 2 heterocycles. The SMILES string of the molecule is Cc1ccc2c(c1)CCCN2CC1(CBr)CCOCC1. The highest BCUT2D eigenvalue weighted by Gasteiger charge is 2.34. The lowest BCUT2D eigenvalue weighted by Crippen LogP contribution is -2.44. The molecule has 2 aliphatic rings. The molecule has 0 aromatic heterocycles. The first-order chi connectivity index (χ1) is 9.72. The average Bonchev–Trinajstić information content (AvgIpc) is 2.48. The van der Waals surface area contributed by atoms with Crippen molar-refractivity contribution in [1.82, 2.24) is 0 Å². The van der Waals surface area contributed by atoms with Gasteiger partial charge in [0.15, 0.2) is 0 Å². The van der Waals surface area contributed by atoms with Gasteiger partial charge in [-0.25, -0.2) is 0 Å². The molecule has 0 amide bonds. The maximum atomic E-state index is 5.56. The van der Waals surface area contributed by atoms with Crippen LogP contribution in [0.2, 0.25) is 0 Å². The molecule has 0 aliphatic carbocycles. The predicted molar refractivity (Wildman–Crippen MR) is 88.0 cm³/mol. The number of hydrogen-bond donors (Lipinski definition) is 0.